The van der Waals surface area contributed by atoms with Crippen molar-refractivity contribution in [2.75, 3.05) is 0 Å². The Morgan fingerprint density at radius 2 is 2.20 bits per heavy atom. The number of halogens is 2. The Balaban J connectivity index is 1.98. The summed E-state index contributed by atoms with van der Waals surface area (Å²) in [4.78, 5) is 7.15. The number of hydrogen-bond acceptors (Lipinski definition) is 3. The van der Waals surface area contributed by atoms with Crippen LogP contribution < -0.4 is 0 Å². The molecule has 0 amide bonds. The maximum Gasteiger partial charge on any atom is 0.178 e. The van der Waals surface area contributed by atoms with Crippen LogP contribution in [0.3, 0.4) is 0 Å². The lowest BCUT2D eigenvalue weighted by atomic mass is 10.3. The molecule has 0 saturated heterocycles. The van der Waals surface area contributed by atoms with Crippen LogP contribution in [0.4, 0.5) is 8.78 Å². The number of rotatable bonds is 3. The third kappa shape index (κ3) is 2.38. The third-order valence-corrected chi connectivity index (χ3v) is 4.37. The maximum absolute atomic E-state index is 13.7. The lowest BCUT2D eigenvalue weighted by Gasteiger charge is -2.03. The minimum Gasteiger partial charge on any atom is -0.328 e. The van der Waals surface area contributed by atoms with E-state index in [2.05, 4.69) is 9.97 Å². The van der Waals surface area contributed by atoms with E-state index in [1.807, 2.05) is 12.3 Å². The Kier molecular flexibility index (Phi) is 3.39. The molecule has 2 heterocycles. The second kappa shape index (κ2) is 5.06. The summed E-state index contributed by atoms with van der Waals surface area (Å²) in [5, 5.41) is 2.96. The van der Waals surface area contributed by atoms with Crippen molar-refractivity contribution in [3.63, 3.8) is 0 Å². The van der Waals surface area contributed by atoms with Crippen LogP contribution in [0.1, 0.15) is 10.7 Å². The zero-order valence-corrected chi connectivity index (χ0v) is 12.2. The Morgan fingerprint density at radius 3 is 2.90 bits per heavy atom. The van der Waals surface area contributed by atoms with Gasteiger partial charge in [0.1, 0.15) is 11.3 Å². The lowest BCUT2D eigenvalue weighted by molar-refractivity contribution is 0.589. The van der Waals surface area contributed by atoms with E-state index < -0.39 is 11.6 Å². The molecular formula is C13H11F2N3S2. The molecule has 0 spiro atoms. The molecule has 3 rings (SSSR count). The first kappa shape index (κ1) is 13.4. The van der Waals surface area contributed by atoms with Crippen LogP contribution >= 0.6 is 23.6 Å². The van der Waals surface area contributed by atoms with Crippen molar-refractivity contribution in [2.24, 2.45) is 0 Å². The second-order valence-corrected chi connectivity index (χ2v) is 5.83. The average Bonchev–Trinajstić information content (AvgIpc) is 2.91. The predicted octanol–water partition coefficient (Wildman–Crippen LogP) is 3.98. The summed E-state index contributed by atoms with van der Waals surface area (Å²) in [5.41, 5.74) is 1.66. The van der Waals surface area contributed by atoms with Crippen LogP contribution in [-0.4, -0.2) is 14.5 Å². The fourth-order valence-electron chi connectivity index (χ4n) is 2.13. The summed E-state index contributed by atoms with van der Waals surface area (Å²) in [6.45, 7) is 2.47. The minimum absolute atomic E-state index is 0.242. The third-order valence-electron chi connectivity index (χ3n) is 3.02. The number of imidazole rings is 1. The molecule has 0 aliphatic carbocycles. The Bertz CT molecular complexity index is 832. The van der Waals surface area contributed by atoms with Crippen LogP contribution in [-0.2, 0) is 13.0 Å². The van der Waals surface area contributed by atoms with Crippen molar-refractivity contribution < 1.29 is 8.78 Å². The van der Waals surface area contributed by atoms with Crippen LogP contribution in [0.15, 0.2) is 17.5 Å². The number of nitrogens with one attached hydrogen (secondary N) is 1. The van der Waals surface area contributed by atoms with E-state index in [9.17, 15) is 8.78 Å². The van der Waals surface area contributed by atoms with Gasteiger partial charge in [0.05, 0.1) is 10.5 Å². The van der Waals surface area contributed by atoms with E-state index >= 15 is 0 Å². The Morgan fingerprint density at radius 1 is 1.40 bits per heavy atom. The van der Waals surface area contributed by atoms with E-state index in [1.165, 1.54) is 6.07 Å². The van der Waals surface area contributed by atoms with Gasteiger partial charge in [-0.15, -0.1) is 11.3 Å². The molecule has 0 atom stereocenters. The first-order valence-corrected chi connectivity index (χ1v) is 7.32. The van der Waals surface area contributed by atoms with Gasteiger partial charge in [-0.1, -0.05) is 0 Å². The van der Waals surface area contributed by atoms with Gasteiger partial charge in [0.2, 0.25) is 0 Å². The van der Waals surface area contributed by atoms with Crippen molar-refractivity contribution in [3.8, 4) is 0 Å². The minimum atomic E-state index is -0.630. The summed E-state index contributed by atoms with van der Waals surface area (Å²) in [6.07, 6.45) is 0.678. The van der Waals surface area contributed by atoms with Crippen LogP contribution in [0.5, 0.6) is 0 Å². The number of H-pyrrole nitrogens is 1. The van der Waals surface area contributed by atoms with Crippen LogP contribution in [0.2, 0.25) is 0 Å². The van der Waals surface area contributed by atoms with E-state index in [1.54, 1.807) is 15.9 Å². The highest BCUT2D eigenvalue weighted by Gasteiger charge is 2.11. The standard InChI is InChI=1S/C13H11F2N3S2/c1-7-6-20-11(16-7)2-3-18-10-5-8(14)4-9(15)12(10)17-13(18)19/h4-6H,2-3H2,1H3,(H,17,19). The van der Waals surface area contributed by atoms with Gasteiger partial charge in [0.25, 0.3) is 0 Å². The van der Waals surface area contributed by atoms with Crippen LogP contribution in [0.25, 0.3) is 11.0 Å². The second-order valence-electron chi connectivity index (χ2n) is 4.50. The van der Waals surface area contributed by atoms with Crippen molar-refractivity contribution in [1.82, 2.24) is 14.5 Å². The molecule has 20 heavy (non-hydrogen) atoms. The Hall–Kier alpha value is -1.60. The number of benzene rings is 1. The molecule has 0 unspecified atom stereocenters. The first-order valence-electron chi connectivity index (χ1n) is 6.03. The molecule has 1 aromatic carbocycles. The molecule has 1 N–H and O–H groups in total. The summed E-state index contributed by atoms with van der Waals surface area (Å²) in [5.74, 6) is -1.24. The SMILES string of the molecule is Cc1csc(CCn2c(=S)[nH]c3c(F)cc(F)cc32)n1. The number of thiazole rings is 1. The van der Waals surface area contributed by atoms with Crippen molar-refractivity contribution >= 4 is 34.6 Å². The number of fused-ring (bicyclic) bond motifs is 1. The van der Waals surface area contributed by atoms with Gasteiger partial charge in [0.15, 0.2) is 10.6 Å². The van der Waals surface area contributed by atoms with Crippen molar-refractivity contribution in [1.29, 1.82) is 0 Å². The zero-order chi connectivity index (χ0) is 14.3. The molecule has 0 bridgehead atoms. The van der Waals surface area contributed by atoms with Gasteiger partial charge in [-0.3, -0.25) is 0 Å². The normalized spacial score (nSPS) is 11.3. The number of nitrogens with zero attached hydrogens (tertiary/aromatic N) is 2. The molecule has 0 aliphatic rings. The highest BCUT2D eigenvalue weighted by Crippen LogP contribution is 2.20. The van der Waals surface area contributed by atoms with Crippen molar-refractivity contribution in [3.05, 3.63) is 44.6 Å². The molecule has 0 radical (unpaired) electrons. The van der Waals surface area contributed by atoms with Gasteiger partial charge in [-0.2, -0.15) is 0 Å². The molecule has 104 valence electrons. The molecule has 2 aromatic heterocycles. The number of aryl methyl sites for hydroxylation is 3. The predicted molar refractivity (Wildman–Crippen MR) is 77.6 cm³/mol. The number of hydrogen-bond donors (Lipinski definition) is 1. The lowest BCUT2D eigenvalue weighted by Crippen LogP contribution is -2.01. The van der Waals surface area contributed by atoms with E-state index in [0.29, 0.717) is 23.3 Å². The van der Waals surface area contributed by atoms with E-state index in [4.69, 9.17) is 12.2 Å². The smallest absolute Gasteiger partial charge is 0.178 e. The molecule has 7 heteroatoms. The van der Waals surface area contributed by atoms with E-state index in [0.717, 1.165) is 16.8 Å². The Labute approximate surface area is 122 Å². The topological polar surface area (TPSA) is 33.6 Å². The summed E-state index contributed by atoms with van der Waals surface area (Å²) < 4.78 is 29.1. The average molecular weight is 311 g/mol. The summed E-state index contributed by atoms with van der Waals surface area (Å²) in [7, 11) is 0. The highest BCUT2D eigenvalue weighted by atomic mass is 32.1. The van der Waals surface area contributed by atoms with Gasteiger partial charge in [-0.05, 0) is 25.2 Å². The van der Waals surface area contributed by atoms with Gasteiger partial charge >= 0.3 is 0 Å². The zero-order valence-electron chi connectivity index (χ0n) is 10.6. The summed E-state index contributed by atoms with van der Waals surface area (Å²) in [6, 6.07) is 2.14. The largest absolute Gasteiger partial charge is 0.328 e. The van der Waals surface area contributed by atoms with Gasteiger partial charge < -0.3 is 9.55 Å². The fraction of sp³-hybridized carbons (Fsp3) is 0.231. The molecule has 3 nitrogen and oxygen atoms in total. The van der Waals surface area contributed by atoms with Crippen molar-refractivity contribution in [2.45, 2.75) is 19.9 Å². The highest BCUT2D eigenvalue weighted by molar-refractivity contribution is 7.71. The van der Waals surface area contributed by atoms with Gasteiger partial charge in [-0.25, -0.2) is 13.8 Å². The molecule has 3 aromatic rings. The monoisotopic (exact) mass is 311 g/mol. The molecule has 0 saturated carbocycles. The molecule has 0 aliphatic heterocycles. The quantitative estimate of drug-likeness (QED) is 0.742. The number of aromatic amines is 1. The first-order chi connectivity index (χ1) is 9.54. The number of aromatic nitrogens is 3. The fourth-order valence-corrected chi connectivity index (χ4v) is 3.18. The van der Waals surface area contributed by atoms with E-state index in [-0.39, 0.29) is 5.52 Å². The molecular weight excluding hydrogens is 300 g/mol. The maximum atomic E-state index is 13.7. The van der Waals surface area contributed by atoms with Gasteiger partial charge in [0, 0.05) is 30.1 Å². The summed E-state index contributed by atoms with van der Waals surface area (Å²) >= 11 is 6.75. The molecule has 0 fully saturated rings. The van der Waals surface area contributed by atoms with Crippen LogP contribution in [0, 0.1) is 23.3 Å².